The molecule has 21 heavy (non-hydrogen) atoms. The molecule has 0 spiro atoms. The van der Waals surface area contributed by atoms with Gasteiger partial charge in [0.1, 0.15) is 6.04 Å². The molecule has 0 rings (SSSR count). The average Bonchev–Trinajstić information content (AvgIpc) is 2.36. The summed E-state index contributed by atoms with van der Waals surface area (Å²) in [6.07, 6.45) is 5.05. The van der Waals surface area contributed by atoms with E-state index in [0.717, 1.165) is 32.1 Å². The Balaban J connectivity index is 4.23. The Bertz CT molecular complexity index is 343. The number of nitrogens with one attached hydrogen (secondary N) is 2. The van der Waals surface area contributed by atoms with Crippen molar-refractivity contribution >= 4 is 17.8 Å². The van der Waals surface area contributed by atoms with Crippen molar-refractivity contribution in [1.29, 1.82) is 0 Å². The maximum Gasteiger partial charge on any atom is 0.305 e. The first kappa shape index (κ1) is 19.4. The van der Waals surface area contributed by atoms with Crippen molar-refractivity contribution in [3.63, 3.8) is 0 Å². The van der Waals surface area contributed by atoms with Crippen LogP contribution in [0.5, 0.6) is 0 Å². The van der Waals surface area contributed by atoms with Crippen molar-refractivity contribution in [2.24, 2.45) is 0 Å². The van der Waals surface area contributed by atoms with E-state index in [-0.39, 0.29) is 11.9 Å². The van der Waals surface area contributed by atoms with Gasteiger partial charge in [0.2, 0.25) is 11.8 Å². The van der Waals surface area contributed by atoms with Crippen LogP contribution in [0.2, 0.25) is 0 Å². The van der Waals surface area contributed by atoms with Crippen LogP contribution in [-0.2, 0) is 14.4 Å². The fraction of sp³-hybridized carbons (Fsp3) is 0.800. The molecule has 0 aromatic carbocycles. The van der Waals surface area contributed by atoms with Gasteiger partial charge in [-0.15, -0.1) is 0 Å². The van der Waals surface area contributed by atoms with Crippen LogP contribution in [0.3, 0.4) is 0 Å². The molecule has 0 fully saturated rings. The Morgan fingerprint density at radius 3 is 2.14 bits per heavy atom. The van der Waals surface area contributed by atoms with Crippen LogP contribution < -0.4 is 10.6 Å². The zero-order valence-corrected chi connectivity index (χ0v) is 13.3. The molecule has 0 aromatic rings. The molecule has 0 aliphatic rings. The molecule has 6 heteroatoms. The molecule has 0 aliphatic heterocycles. The molecule has 0 aliphatic carbocycles. The van der Waals surface area contributed by atoms with Crippen LogP contribution in [0.1, 0.15) is 65.7 Å². The summed E-state index contributed by atoms with van der Waals surface area (Å²) in [5, 5.41) is 14.0. The number of carbonyl (C=O) groups is 3. The number of hydrogen-bond acceptors (Lipinski definition) is 3. The fourth-order valence-corrected chi connectivity index (χ4v) is 1.92. The van der Waals surface area contributed by atoms with Gasteiger partial charge in [0.25, 0.3) is 0 Å². The predicted molar refractivity (Wildman–Crippen MR) is 80.8 cm³/mol. The van der Waals surface area contributed by atoms with E-state index >= 15 is 0 Å². The van der Waals surface area contributed by atoms with Gasteiger partial charge in [-0.05, 0) is 20.3 Å². The molecule has 0 bridgehead atoms. The van der Waals surface area contributed by atoms with Crippen molar-refractivity contribution in [2.75, 3.05) is 0 Å². The molecule has 6 nitrogen and oxygen atoms in total. The first-order chi connectivity index (χ1) is 9.86. The van der Waals surface area contributed by atoms with Gasteiger partial charge in [0, 0.05) is 12.5 Å². The highest BCUT2D eigenvalue weighted by molar-refractivity contribution is 5.90. The topological polar surface area (TPSA) is 95.5 Å². The second-order valence-electron chi connectivity index (χ2n) is 5.55. The van der Waals surface area contributed by atoms with E-state index in [0.29, 0.717) is 6.42 Å². The Kier molecular flexibility index (Phi) is 10.3. The highest BCUT2D eigenvalue weighted by atomic mass is 16.4. The van der Waals surface area contributed by atoms with E-state index in [4.69, 9.17) is 5.11 Å². The van der Waals surface area contributed by atoms with E-state index in [1.165, 1.54) is 0 Å². The second-order valence-corrected chi connectivity index (χ2v) is 5.55. The van der Waals surface area contributed by atoms with Crippen LogP contribution in [0.15, 0.2) is 0 Å². The number of carboxylic acid groups (broad SMARTS) is 1. The first-order valence-electron chi connectivity index (χ1n) is 7.68. The summed E-state index contributed by atoms with van der Waals surface area (Å²) < 4.78 is 0. The molecule has 122 valence electrons. The molecule has 0 saturated carbocycles. The monoisotopic (exact) mass is 300 g/mol. The number of hydrogen-bond donors (Lipinski definition) is 3. The van der Waals surface area contributed by atoms with Gasteiger partial charge < -0.3 is 15.7 Å². The van der Waals surface area contributed by atoms with Crippen molar-refractivity contribution in [3.05, 3.63) is 0 Å². The summed E-state index contributed by atoms with van der Waals surface area (Å²) >= 11 is 0. The predicted octanol–water partition coefficient (Wildman–Crippen LogP) is 1.83. The normalized spacial score (nSPS) is 12.0. The molecule has 0 aromatic heterocycles. The first-order valence-corrected chi connectivity index (χ1v) is 7.68. The summed E-state index contributed by atoms with van der Waals surface area (Å²) in [5.74, 6) is -1.83. The van der Waals surface area contributed by atoms with Crippen LogP contribution in [0.4, 0.5) is 0 Å². The molecular formula is C15H28N2O4. The quantitative estimate of drug-likeness (QED) is 0.507. The van der Waals surface area contributed by atoms with E-state index in [1.54, 1.807) is 13.8 Å². The van der Waals surface area contributed by atoms with Gasteiger partial charge in [-0.25, -0.2) is 0 Å². The lowest BCUT2D eigenvalue weighted by Gasteiger charge is -2.18. The molecule has 1 atom stereocenters. The third-order valence-corrected chi connectivity index (χ3v) is 2.97. The summed E-state index contributed by atoms with van der Waals surface area (Å²) in [4.78, 5) is 34.4. The Morgan fingerprint density at radius 2 is 1.62 bits per heavy atom. The molecule has 0 saturated heterocycles. The standard InChI is InChI=1S/C15H28N2O4/c1-4-5-6-7-8-9-13(18)17-12(10-14(19)20)15(21)16-11(2)3/h11-12H,4-10H2,1-3H3,(H,16,21)(H,17,18)(H,19,20). The third-order valence-electron chi connectivity index (χ3n) is 2.97. The van der Waals surface area contributed by atoms with Crippen molar-refractivity contribution < 1.29 is 19.5 Å². The number of rotatable bonds is 11. The third kappa shape index (κ3) is 10.8. The van der Waals surface area contributed by atoms with E-state index in [9.17, 15) is 14.4 Å². The van der Waals surface area contributed by atoms with Crippen LogP contribution in [0, 0.1) is 0 Å². The van der Waals surface area contributed by atoms with Crippen molar-refractivity contribution in [3.8, 4) is 0 Å². The molecule has 2 amide bonds. The van der Waals surface area contributed by atoms with Gasteiger partial charge in [0.05, 0.1) is 6.42 Å². The van der Waals surface area contributed by atoms with Gasteiger partial charge in [-0.1, -0.05) is 32.6 Å². The highest BCUT2D eigenvalue weighted by Crippen LogP contribution is 2.05. The fourth-order valence-electron chi connectivity index (χ4n) is 1.92. The summed E-state index contributed by atoms with van der Waals surface area (Å²) in [5.41, 5.74) is 0. The maximum atomic E-state index is 11.9. The summed E-state index contributed by atoms with van der Waals surface area (Å²) in [6.45, 7) is 5.69. The summed E-state index contributed by atoms with van der Waals surface area (Å²) in [7, 11) is 0. The molecule has 1 unspecified atom stereocenters. The Hall–Kier alpha value is -1.59. The van der Waals surface area contributed by atoms with E-state index in [2.05, 4.69) is 17.6 Å². The zero-order chi connectivity index (χ0) is 16.3. The number of unbranched alkanes of at least 4 members (excludes halogenated alkanes) is 4. The Labute approximate surface area is 126 Å². The molecule has 3 N–H and O–H groups in total. The smallest absolute Gasteiger partial charge is 0.305 e. The molecule has 0 heterocycles. The van der Waals surface area contributed by atoms with Crippen molar-refractivity contribution in [1.82, 2.24) is 10.6 Å². The number of amides is 2. The maximum absolute atomic E-state index is 11.9. The SMILES string of the molecule is CCCCCCCC(=O)NC(CC(=O)O)C(=O)NC(C)C. The average molecular weight is 300 g/mol. The minimum atomic E-state index is -1.11. The van der Waals surface area contributed by atoms with Gasteiger partial charge in [-0.3, -0.25) is 14.4 Å². The minimum absolute atomic E-state index is 0.0975. The van der Waals surface area contributed by atoms with E-state index < -0.39 is 24.3 Å². The largest absolute Gasteiger partial charge is 0.481 e. The molecule has 0 radical (unpaired) electrons. The van der Waals surface area contributed by atoms with E-state index in [1.807, 2.05) is 0 Å². The lowest BCUT2D eigenvalue weighted by Crippen LogP contribution is -2.49. The van der Waals surface area contributed by atoms with Crippen LogP contribution in [-0.4, -0.2) is 35.0 Å². The van der Waals surface area contributed by atoms with Gasteiger partial charge in [-0.2, -0.15) is 0 Å². The molecular weight excluding hydrogens is 272 g/mol. The van der Waals surface area contributed by atoms with Crippen LogP contribution in [0.25, 0.3) is 0 Å². The number of carboxylic acids is 1. The van der Waals surface area contributed by atoms with Gasteiger partial charge >= 0.3 is 5.97 Å². The van der Waals surface area contributed by atoms with Crippen molar-refractivity contribution in [2.45, 2.75) is 77.8 Å². The van der Waals surface area contributed by atoms with Gasteiger partial charge in [0.15, 0.2) is 0 Å². The zero-order valence-electron chi connectivity index (χ0n) is 13.3. The number of carbonyl (C=O) groups excluding carboxylic acids is 2. The highest BCUT2D eigenvalue weighted by Gasteiger charge is 2.23. The Morgan fingerprint density at radius 1 is 1.00 bits per heavy atom. The minimum Gasteiger partial charge on any atom is -0.481 e. The van der Waals surface area contributed by atoms with Crippen LogP contribution >= 0.6 is 0 Å². The number of aliphatic carboxylic acids is 1. The lowest BCUT2D eigenvalue weighted by molar-refractivity contribution is -0.140. The lowest BCUT2D eigenvalue weighted by atomic mass is 10.1. The second kappa shape index (κ2) is 11.1. The summed E-state index contributed by atoms with van der Waals surface area (Å²) in [6, 6.07) is -1.10.